The number of carbonyl (C=O) groups excluding carboxylic acids is 2. The number of ether oxygens (including phenoxy) is 1. The van der Waals surface area contributed by atoms with Crippen LogP contribution in [-0.4, -0.2) is 18.6 Å². The molecule has 7 heteroatoms. The molecule has 0 aliphatic rings. The van der Waals surface area contributed by atoms with Gasteiger partial charge in [-0.3, -0.25) is 10.1 Å². The number of benzene rings is 2. The van der Waals surface area contributed by atoms with Gasteiger partial charge in [0.05, 0.1) is 12.2 Å². The molecule has 0 aromatic heterocycles. The van der Waals surface area contributed by atoms with Gasteiger partial charge in [-0.15, -0.1) is 0 Å². The monoisotopic (exact) mass is 408 g/mol. The van der Waals surface area contributed by atoms with Gasteiger partial charge >= 0.3 is 6.09 Å². The summed E-state index contributed by atoms with van der Waals surface area (Å²) in [6.45, 7) is 4.18. The molecule has 0 spiro atoms. The fourth-order valence-electron chi connectivity index (χ4n) is 1.94. The fourth-order valence-corrected chi connectivity index (χ4v) is 2.30. The third kappa shape index (κ3) is 5.86. The fraction of sp³-hybridized carbons (Fsp3) is 0.222. The lowest BCUT2D eigenvalue weighted by atomic mass is 10.2. The largest absolute Gasteiger partial charge is 0.449 e. The van der Waals surface area contributed by atoms with Gasteiger partial charge < -0.3 is 10.1 Å². The summed E-state index contributed by atoms with van der Waals surface area (Å²) in [6.07, 6.45) is -0.574. The van der Waals surface area contributed by atoms with Crippen molar-refractivity contribution in [1.29, 1.82) is 0 Å². The minimum Gasteiger partial charge on any atom is -0.449 e. The first-order chi connectivity index (χ1) is 11.8. The summed E-state index contributed by atoms with van der Waals surface area (Å²) < 4.78 is 19.4. The Morgan fingerprint density at radius 3 is 2.48 bits per heavy atom. The highest BCUT2D eigenvalue weighted by molar-refractivity contribution is 9.10. The third-order valence-electron chi connectivity index (χ3n) is 3.09. The normalized spacial score (nSPS) is 10.4. The molecule has 2 aromatic rings. The quantitative estimate of drug-likeness (QED) is 0.727. The van der Waals surface area contributed by atoms with Crippen LogP contribution >= 0.6 is 15.9 Å². The molecule has 5 nitrogen and oxygen atoms in total. The molecule has 0 bridgehead atoms. The molecule has 0 aliphatic carbocycles. The van der Waals surface area contributed by atoms with Gasteiger partial charge in [0.25, 0.3) is 5.91 Å². The molecule has 2 rings (SSSR count). The van der Waals surface area contributed by atoms with Crippen molar-refractivity contribution < 1.29 is 18.7 Å². The molecule has 0 saturated carbocycles. The number of rotatable bonds is 5. The Kier molecular flexibility index (Phi) is 6.52. The van der Waals surface area contributed by atoms with Gasteiger partial charge in [-0.05, 0) is 42.3 Å². The average molecular weight is 409 g/mol. The Hall–Kier alpha value is -2.41. The predicted octanol–water partition coefficient (Wildman–Crippen LogP) is 5.05. The van der Waals surface area contributed by atoms with Crippen molar-refractivity contribution >= 4 is 39.3 Å². The van der Waals surface area contributed by atoms with E-state index in [4.69, 9.17) is 4.74 Å². The second-order valence-electron chi connectivity index (χ2n) is 5.78. The Morgan fingerprint density at radius 2 is 1.80 bits per heavy atom. The molecule has 0 atom stereocenters. The summed E-state index contributed by atoms with van der Waals surface area (Å²) in [5, 5.41) is 5.18. The molecule has 0 radical (unpaired) electrons. The number of halogens is 2. The second-order valence-corrected chi connectivity index (χ2v) is 6.69. The maximum absolute atomic E-state index is 13.8. The SMILES string of the molecule is CC(C)COC(=O)Nc1cccc(NC(=O)c2cc(Br)ccc2F)c1. The van der Waals surface area contributed by atoms with E-state index >= 15 is 0 Å². The Balaban J connectivity index is 2.04. The minimum absolute atomic E-state index is 0.0796. The van der Waals surface area contributed by atoms with Crippen LogP contribution in [0.5, 0.6) is 0 Å². The van der Waals surface area contributed by atoms with Gasteiger partial charge in [-0.25, -0.2) is 9.18 Å². The molecule has 0 saturated heterocycles. The van der Waals surface area contributed by atoms with Gasteiger partial charge in [0.1, 0.15) is 5.82 Å². The molecule has 0 aliphatic heterocycles. The van der Waals surface area contributed by atoms with E-state index in [-0.39, 0.29) is 11.5 Å². The molecule has 2 N–H and O–H groups in total. The van der Waals surface area contributed by atoms with E-state index in [9.17, 15) is 14.0 Å². The Labute approximate surface area is 153 Å². The first-order valence-corrected chi connectivity index (χ1v) is 8.44. The van der Waals surface area contributed by atoms with Gasteiger partial charge in [0.15, 0.2) is 0 Å². The summed E-state index contributed by atoms with van der Waals surface area (Å²) in [7, 11) is 0. The summed E-state index contributed by atoms with van der Waals surface area (Å²) in [5.74, 6) is -0.970. The maximum atomic E-state index is 13.8. The Morgan fingerprint density at radius 1 is 1.12 bits per heavy atom. The van der Waals surface area contributed by atoms with Crippen molar-refractivity contribution in [3.63, 3.8) is 0 Å². The van der Waals surface area contributed by atoms with Crippen LogP contribution in [0.3, 0.4) is 0 Å². The van der Waals surface area contributed by atoms with E-state index in [1.165, 1.54) is 18.2 Å². The van der Waals surface area contributed by atoms with E-state index in [1.807, 2.05) is 13.8 Å². The van der Waals surface area contributed by atoms with Crippen molar-refractivity contribution in [3.8, 4) is 0 Å². The van der Waals surface area contributed by atoms with Crippen molar-refractivity contribution in [1.82, 2.24) is 0 Å². The molecule has 0 heterocycles. The topological polar surface area (TPSA) is 67.4 Å². The van der Waals surface area contributed by atoms with Crippen LogP contribution in [0.1, 0.15) is 24.2 Å². The van der Waals surface area contributed by atoms with Crippen LogP contribution < -0.4 is 10.6 Å². The van der Waals surface area contributed by atoms with Gasteiger partial charge in [-0.1, -0.05) is 35.8 Å². The molecular formula is C18H18BrFN2O3. The van der Waals surface area contributed by atoms with E-state index in [0.29, 0.717) is 22.5 Å². The number of nitrogens with one attached hydrogen (secondary N) is 2. The zero-order valence-corrected chi connectivity index (χ0v) is 15.4. The number of hydrogen-bond acceptors (Lipinski definition) is 3. The highest BCUT2D eigenvalue weighted by atomic mass is 79.9. The molecule has 132 valence electrons. The van der Waals surface area contributed by atoms with Crippen LogP contribution in [0.15, 0.2) is 46.9 Å². The number of carbonyl (C=O) groups is 2. The van der Waals surface area contributed by atoms with Crippen molar-refractivity contribution in [2.75, 3.05) is 17.2 Å². The maximum Gasteiger partial charge on any atom is 0.411 e. The number of anilines is 2. The molecule has 0 fully saturated rings. The lowest BCUT2D eigenvalue weighted by molar-refractivity contribution is 0.102. The van der Waals surface area contributed by atoms with E-state index in [1.54, 1.807) is 24.3 Å². The van der Waals surface area contributed by atoms with E-state index in [0.717, 1.165) is 0 Å². The molecule has 25 heavy (non-hydrogen) atoms. The molecule has 2 aromatic carbocycles. The van der Waals surface area contributed by atoms with Crippen LogP contribution in [0.4, 0.5) is 20.6 Å². The standard InChI is InChI=1S/C18H18BrFN2O3/c1-11(2)10-25-18(24)22-14-5-3-4-13(9-14)21-17(23)15-8-12(19)6-7-16(15)20/h3-9,11H,10H2,1-2H3,(H,21,23)(H,22,24). The predicted molar refractivity (Wildman–Crippen MR) is 98.3 cm³/mol. The second kappa shape index (κ2) is 8.62. The van der Waals surface area contributed by atoms with Crippen LogP contribution in [-0.2, 0) is 4.74 Å². The van der Waals surface area contributed by atoms with Crippen molar-refractivity contribution in [3.05, 3.63) is 58.3 Å². The van der Waals surface area contributed by atoms with E-state index in [2.05, 4.69) is 26.6 Å². The first kappa shape index (κ1) is 18.9. The van der Waals surface area contributed by atoms with Crippen LogP contribution in [0.2, 0.25) is 0 Å². The van der Waals surface area contributed by atoms with Crippen molar-refractivity contribution in [2.24, 2.45) is 5.92 Å². The average Bonchev–Trinajstić information content (AvgIpc) is 2.55. The lowest BCUT2D eigenvalue weighted by Crippen LogP contribution is -2.17. The first-order valence-electron chi connectivity index (χ1n) is 7.65. The highest BCUT2D eigenvalue weighted by Gasteiger charge is 2.13. The number of amides is 2. The van der Waals surface area contributed by atoms with Crippen molar-refractivity contribution in [2.45, 2.75) is 13.8 Å². The highest BCUT2D eigenvalue weighted by Crippen LogP contribution is 2.19. The smallest absolute Gasteiger partial charge is 0.411 e. The third-order valence-corrected chi connectivity index (χ3v) is 3.58. The van der Waals surface area contributed by atoms with Gasteiger partial charge in [0.2, 0.25) is 0 Å². The lowest BCUT2D eigenvalue weighted by Gasteiger charge is -2.11. The van der Waals surface area contributed by atoms with Crippen LogP contribution in [0.25, 0.3) is 0 Å². The zero-order valence-electron chi connectivity index (χ0n) is 13.8. The molecule has 0 unspecified atom stereocenters. The van der Waals surface area contributed by atoms with E-state index < -0.39 is 17.8 Å². The Bertz CT molecular complexity index is 781. The zero-order chi connectivity index (χ0) is 18.4. The van der Waals surface area contributed by atoms with Crippen LogP contribution in [0, 0.1) is 11.7 Å². The summed E-state index contributed by atoms with van der Waals surface area (Å²) >= 11 is 3.21. The van der Waals surface area contributed by atoms with Gasteiger partial charge in [-0.2, -0.15) is 0 Å². The molecule has 2 amide bonds. The van der Waals surface area contributed by atoms with Gasteiger partial charge in [0, 0.05) is 15.8 Å². The summed E-state index contributed by atoms with van der Waals surface area (Å²) in [5.41, 5.74) is 0.802. The number of hydrogen-bond donors (Lipinski definition) is 2. The minimum atomic E-state index is -0.618. The summed E-state index contributed by atoms with van der Waals surface area (Å²) in [6, 6.07) is 10.6. The molecular weight excluding hydrogens is 391 g/mol. The summed E-state index contributed by atoms with van der Waals surface area (Å²) in [4.78, 5) is 23.9.